The number of methoxy groups -OCH3 is 1. The average Bonchev–Trinajstić information content (AvgIpc) is 2.69. The molecular weight excluding hydrogens is 397 g/mol. The lowest BCUT2D eigenvalue weighted by atomic mass is 9.70. The van der Waals surface area contributed by atoms with Gasteiger partial charge in [0.05, 0.1) is 5.60 Å². The average molecular weight is 433 g/mol. The minimum atomic E-state index is -4.79. The molecule has 0 aromatic carbocycles. The molecule has 0 spiro atoms. The van der Waals surface area contributed by atoms with Crippen molar-refractivity contribution >= 4 is 0 Å². The Morgan fingerprint density at radius 1 is 1.13 bits per heavy atom. The van der Waals surface area contributed by atoms with Gasteiger partial charge in [0.2, 0.25) is 0 Å². The molecule has 0 bridgehead atoms. The van der Waals surface area contributed by atoms with E-state index in [1.165, 1.54) is 13.2 Å². The Balaban J connectivity index is 1.89. The van der Waals surface area contributed by atoms with Crippen molar-refractivity contribution in [2.75, 3.05) is 46.9 Å². The third-order valence-corrected chi connectivity index (χ3v) is 7.03. The summed E-state index contributed by atoms with van der Waals surface area (Å²) < 4.78 is 49.0. The fourth-order valence-corrected chi connectivity index (χ4v) is 4.85. The zero-order valence-electron chi connectivity index (χ0n) is 18.3. The van der Waals surface area contributed by atoms with Crippen LogP contribution in [0.1, 0.15) is 45.4 Å². The van der Waals surface area contributed by atoms with Crippen LogP contribution >= 0.6 is 0 Å². The minimum absolute atomic E-state index is 0.238. The van der Waals surface area contributed by atoms with Gasteiger partial charge in [0.1, 0.15) is 11.4 Å². The van der Waals surface area contributed by atoms with E-state index in [-0.39, 0.29) is 18.1 Å². The third-order valence-electron chi connectivity index (χ3n) is 7.03. The van der Waals surface area contributed by atoms with Crippen molar-refractivity contribution in [3.63, 3.8) is 0 Å². The first-order valence-electron chi connectivity index (χ1n) is 10.9. The minimum Gasteiger partial charge on any atom is -0.407 e. The van der Waals surface area contributed by atoms with Gasteiger partial charge in [-0.1, -0.05) is 25.3 Å². The van der Waals surface area contributed by atoms with E-state index in [4.69, 9.17) is 4.74 Å². The molecule has 5 nitrogen and oxygen atoms in total. The summed E-state index contributed by atoms with van der Waals surface area (Å²) >= 11 is 0. The maximum absolute atomic E-state index is 13.1. The number of hydrogen-bond donors (Lipinski definition) is 1. The van der Waals surface area contributed by atoms with Crippen molar-refractivity contribution < 1.29 is 27.8 Å². The van der Waals surface area contributed by atoms with Crippen molar-refractivity contribution in [3.05, 3.63) is 23.5 Å². The summed E-state index contributed by atoms with van der Waals surface area (Å²) in [5.41, 5.74) is -1.35. The van der Waals surface area contributed by atoms with Crippen LogP contribution in [0.15, 0.2) is 23.5 Å². The number of alkyl halides is 3. The van der Waals surface area contributed by atoms with Crippen LogP contribution < -0.4 is 0 Å². The normalized spacial score (nSPS) is 29.8. The zero-order chi connectivity index (χ0) is 22.0. The van der Waals surface area contributed by atoms with E-state index in [2.05, 4.69) is 21.6 Å². The van der Waals surface area contributed by atoms with Gasteiger partial charge in [0.25, 0.3) is 0 Å². The fraction of sp³-hybridized carbons (Fsp3) is 0.818. The van der Waals surface area contributed by atoms with Crippen LogP contribution in [-0.2, 0) is 9.47 Å². The molecule has 172 valence electrons. The first-order valence-corrected chi connectivity index (χ1v) is 10.9. The number of piperazine rings is 1. The molecule has 1 N–H and O–H groups in total. The topological polar surface area (TPSA) is 45.2 Å². The second-order valence-corrected chi connectivity index (χ2v) is 9.22. The van der Waals surface area contributed by atoms with Crippen LogP contribution in [0.4, 0.5) is 13.2 Å². The fourth-order valence-electron chi connectivity index (χ4n) is 4.85. The van der Waals surface area contributed by atoms with Crippen LogP contribution in [0.25, 0.3) is 0 Å². The van der Waals surface area contributed by atoms with Crippen LogP contribution in [0, 0.1) is 5.92 Å². The van der Waals surface area contributed by atoms with Gasteiger partial charge in [-0.25, -0.2) is 0 Å². The standard InChI is InChI=1S/C22H35F3N2O3/c1-20(29-3)10-7-17(15-19(20)30-22(23,24)25)18(21(28)8-5-4-6-9-21)16-27-13-11-26(2)12-14-27/h7,15,18,28H,4-6,8-14,16H2,1-3H3. The molecule has 0 amide bonds. The number of likely N-dealkylation sites (N-methyl/N-ethyl adjacent to an activating group) is 1. The van der Waals surface area contributed by atoms with Crippen LogP contribution in [0.5, 0.6) is 0 Å². The highest BCUT2D eigenvalue weighted by Gasteiger charge is 2.45. The van der Waals surface area contributed by atoms with Gasteiger partial charge in [-0.15, -0.1) is 13.2 Å². The van der Waals surface area contributed by atoms with E-state index < -0.39 is 17.6 Å². The van der Waals surface area contributed by atoms with E-state index in [0.717, 1.165) is 51.0 Å². The predicted molar refractivity (Wildman–Crippen MR) is 109 cm³/mol. The summed E-state index contributed by atoms with van der Waals surface area (Å²) in [6.45, 7) is 5.91. The molecule has 2 atom stereocenters. The molecular formula is C22H35F3N2O3. The van der Waals surface area contributed by atoms with Crippen molar-refractivity contribution in [2.45, 2.75) is 63.0 Å². The number of hydrogen-bond acceptors (Lipinski definition) is 5. The van der Waals surface area contributed by atoms with Gasteiger partial charge >= 0.3 is 6.36 Å². The van der Waals surface area contributed by atoms with Crippen LogP contribution in [0.3, 0.4) is 0 Å². The third kappa shape index (κ3) is 5.58. The summed E-state index contributed by atoms with van der Waals surface area (Å²) in [6, 6.07) is 0. The van der Waals surface area contributed by atoms with Gasteiger partial charge in [0, 0.05) is 52.2 Å². The summed E-state index contributed by atoms with van der Waals surface area (Å²) in [6.07, 6.45) is 3.19. The molecule has 1 saturated heterocycles. The van der Waals surface area contributed by atoms with E-state index in [0.29, 0.717) is 19.4 Å². The van der Waals surface area contributed by atoms with Crippen molar-refractivity contribution in [2.24, 2.45) is 5.92 Å². The molecule has 8 heteroatoms. The number of nitrogens with zero attached hydrogens (tertiary/aromatic N) is 2. The number of halogens is 3. The first kappa shape index (κ1) is 23.6. The summed E-state index contributed by atoms with van der Waals surface area (Å²) in [5, 5.41) is 11.6. The molecule has 3 aliphatic rings. The van der Waals surface area contributed by atoms with Gasteiger partial charge in [0.15, 0.2) is 0 Å². The van der Waals surface area contributed by atoms with E-state index >= 15 is 0 Å². The summed E-state index contributed by atoms with van der Waals surface area (Å²) in [7, 11) is 3.48. The maximum Gasteiger partial charge on any atom is 0.572 e. The smallest absolute Gasteiger partial charge is 0.407 e. The Hall–Kier alpha value is -1.09. The highest BCUT2D eigenvalue weighted by Crippen LogP contribution is 2.43. The molecule has 0 aromatic heterocycles. The second-order valence-electron chi connectivity index (χ2n) is 9.22. The van der Waals surface area contributed by atoms with Gasteiger partial charge in [-0.2, -0.15) is 0 Å². The van der Waals surface area contributed by atoms with Gasteiger partial charge in [-0.05, 0) is 38.5 Å². The molecule has 0 aromatic rings. The monoisotopic (exact) mass is 432 g/mol. The van der Waals surface area contributed by atoms with Crippen LogP contribution in [0.2, 0.25) is 0 Å². The van der Waals surface area contributed by atoms with E-state index in [9.17, 15) is 18.3 Å². The molecule has 1 aliphatic heterocycles. The number of aliphatic hydroxyl groups is 1. The van der Waals surface area contributed by atoms with Gasteiger partial charge in [-0.3, -0.25) is 0 Å². The molecule has 30 heavy (non-hydrogen) atoms. The molecule has 0 radical (unpaired) electrons. The first-order chi connectivity index (χ1) is 14.0. The lowest BCUT2D eigenvalue weighted by Gasteiger charge is -2.45. The second kappa shape index (κ2) is 9.18. The highest BCUT2D eigenvalue weighted by atomic mass is 19.4. The lowest BCUT2D eigenvalue weighted by Crippen LogP contribution is -2.51. The maximum atomic E-state index is 13.1. The van der Waals surface area contributed by atoms with Gasteiger partial charge < -0.3 is 24.4 Å². The quantitative estimate of drug-likeness (QED) is 0.694. The molecule has 1 heterocycles. The number of rotatable bonds is 6. The summed E-state index contributed by atoms with van der Waals surface area (Å²) in [5.74, 6) is -0.493. The van der Waals surface area contributed by atoms with E-state index in [1.807, 2.05) is 6.08 Å². The van der Waals surface area contributed by atoms with Crippen molar-refractivity contribution in [1.29, 1.82) is 0 Å². The molecule has 3 rings (SSSR count). The predicted octanol–water partition coefficient (Wildman–Crippen LogP) is 3.70. The number of ether oxygens (including phenoxy) is 2. The Morgan fingerprint density at radius 3 is 2.33 bits per heavy atom. The molecule has 2 unspecified atom stereocenters. The lowest BCUT2D eigenvalue weighted by molar-refractivity contribution is -0.315. The Morgan fingerprint density at radius 2 is 1.77 bits per heavy atom. The summed E-state index contributed by atoms with van der Waals surface area (Å²) in [4.78, 5) is 4.58. The highest BCUT2D eigenvalue weighted by molar-refractivity contribution is 5.35. The molecule has 1 saturated carbocycles. The number of allylic oxidation sites excluding steroid dienone is 1. The van der Waals surface area contributed by atoms with E-state index in [1.54, 1.807) is 6.92 Å². The SMILES string of the molecule is COC1(C)CC=C(C(CN2CCN(C)CC2)C2(O)CCCCC2)C=C1OC(F)(F)F. The zero-order valence-corrected chi connectivity index (χ0v) is 18.3. The Labute approximate surface area is 177 Å². The molecule has 2 aliphatic carbocycles. The molecule has 2 fully saturated rings. The van der Waals surface area contributed by atoms with Crippen molar-refractivity contribution in [3.8, 4) is 0 Å². The largest absolute Gasteiger partial charge is 0.572 e. The van der Waals surface area contributed by atoms with Crippen LogP contribution in [-0.4, -0.2) is 79.4 Å². The Bertz CT molecular complexity index is 651. The van der Waals surface area contributed by atoms with Crippen molar-refractivity contribution in [1.82, 2.24) is 9.80 Å². The Kier molecular flexibility index (Phi) is 7.22.